The Labute approximate surface area is 108 Å². The van der Waals surface area contributed by atoms with E-state index in [1.807, 2.05) is 0 Å². The van der Waals surface area contributed by atoms with Crippen LogP contribution in [0.5, 0.6) is 0 Å². The number of nitro benzene ring substituents is 1. The molecule has 0 amide bonds. The Morgan fingerprint density at radius 2 is 2.32 bits per heavy atom. The van der Waals surface area contributed by atoms with Crippen LogP contribution >= 0.6 is 0 Å². The number of hydrogen-bond donors (Lipinski definition) is 0. The van der Waals surface area contributed by atoms with Crippen molar-refractivity contribution in [2.75, 3.05) is 6.61 Å². The van der Waals surface area contributed by atoms with Gasteiger partial charge in [0.2, 0.25) is 5.82 Å². The van der Waals surface area contributed by atoms with Gasteiger partial charge >= 0.3 is 0 Å². The Morgan fingerprint density at radius 1 is 1.42 bits per heavy atom. The van der Waals surface area contributed by atoms with E-state index in [1.54, 1.807) is 12.1 Å². The minimum atomic E-state index is -0.454. The predicted molar refractivity (Wildman–Crippen MR) is 64.3 cm³/mol. The highest BCUT2D eigenvalue weighted by Gasteiger charge is 2.24. The number of hydrogen-bond acceptors (Lipinski definition) is 6. The van der Waals surface area contributed by atoms with Crippen molar-refractivity contribution in [2.24, 2.45) is 0 Å². The Bertz CT molecular complexity index is 605. The zero-order valence-electron chi connectivity index (χ0n) is 9.98. The third-order valence-corrected chi connectivity index (χ3v) is 2.96. The number of benzene rings is 1. The largest absolute Gasteiger partial charge is 0.368 e. The predicted octanol–water partition coefficient (Wildman–Crippen LogP) is 2.50. The van der Waals surface area contributed by atoms with E-state index in [0.29, 0.717) is 23.9 Å². The van der Waals surface area contributed by atoms with Crippen LogP contribution in [0.4, 0.5) is 5.69 Å². The summed E-state index contributed by atoms with van der Waals surface area (Å²) in [4.78, 5) is 14.5. The summed E-state index contributed by atoms with van der Waals surface area (Å²) in [5.74, 6) is 0.771. The molecule has 0 aliphatic carbocycles. The number of nitro groups is 1. The molecular formula is C12H11N3O4. The van der Waals surface area contributed by atoms with Crippen molar-refractivity contribution in [1.82, 2.24) is 10.1 Å². The Morgan fingerprint density at radius 3 is 3.05 bits per heavy atom. The fourth-order valence-electron chi connectivity index (χ4n) is 2.01. The van der Waals surface area contributed by atoms with Crippen LogP contribution in [0.25, 0.3) is 11.4 Å². The van der Waals surface area contributed by atoms with Crippen molar-refractivity contribution in [3.8, 4) is 11.4 Å². The molecule has 7 heteroatoms. The van der Waals surface area contributed by atoms with Crippen LogP contribution < -0.4 is 0 Å². The fraction of sp³-hybridized carbons (Fsp3) is 0.333. The number of ether oxygens (including phenoxy) is 1. The van der Waals surface area contributed by atoms with Crippen molar-refractivity contribution < 1.29 is 14.2 Å². The molecule has 0 saturated carbocycles. The van der Waals surface area contributed by atoms with Gasteiger partial charge in [-0.25, -0.2) is 0 Å². The van der Waals surface area contributed by atoms with Crippen molar-refractivity contribution in [3.63, 3.8) is 0 Å². The lowest BCUT2D eigenvalue weighted by atomic mass is 10.2. The van der Waals surface area contributed by atoms with Gasteiger partial charge in [0.1, 0.15) is 6.10 Å². The lowest BCUT2D eigenvalue weighted by Crippen LogP contribution is -1.95. The lowest BCUT2D eigenvalue weighted by molar-refractivity contribution is -0.384. The van der Waals surface area contributed by atoms with E-state index in [-0.39, 0.29) is 11.8 Å². The van der Waals surface area contributed by atoms with Gasteiger partial charge in [0.25, 0.3) is 11.6 Å². The van der Waals surface area contributed by atoms with Crippen LogP contribution in [0, 0.1) is 10.1 Å². The molecule has 0 bridgehead atoms. The first-order valence-corrected chi connectivity index (χ1v) is 5.94. The summed E-state index contributed by atoms with van der Waals surface area (Å²) in [6.07, 6.45) is 1.68. The van der Waals surface area contributed by atoms with Crippen LogP contribution in [0.3, 0.4) is 0 Å². The molecule has 0 N–H and O–H groups in total. The van der Waals surface area contributed by atoms with Gasteiger partial charge < -0.3 is 9.26 Å². The summed E-state index contributed by atoms with van der Waals surface area (Å²) in [5.41, 5.74) is 0.558. The SMILES string of the molecule is O=[N+]([O-])c1cccc(-c2noc([C@@H]3CCCO3)n2)c1. The van der Waals surface area contributed by atoms with Crippen molar-refractivity contribution in [2.45, 2.75) is 18.9 Å². The molecule has 1 aliphatic heterocycles. The second kappa shape index (κ2) is 4.77. The summed E-state index contributed by atoms with van der Waals surface area (Å²) in [7, 11) is 0. The van der Waals surface area contributed by atoms with Crippen LogP contribution in [-0.2, 0) is 4.74 Å². The molecule has 2 heterocycles. The van der Waals surface area contributed by atoms with Crippen LogP contribution in [-0.4, -0.2) is 21.7 Å². The van der Waals surface area contributed by atoms with Gasteiger partial charge in [0.15, 0.2) is 0 Å². The van der Waals surface area contributed by atoms with E-state index >= 15 is 0 Å². The van der Waals surface area contributed by atoms with E-state index in [2.05, 4.69) is 10.1 Å². The van der Waals surface area contributed by atoms with Gasteiger partial charge in [0.05, 0.1) is 4.92 Å². The Hall–Kier alpha value is -2.28. The van der Waals surface area contributed by atoms with Gasteiger partial charge in [-0.15, -0.1) is 0 Å². The lowest BCUT2D eigenvalue weighted by Gasteiger charge is -2.00. The molecule has 98 valence electrons. The van der Waals surface area contributed by atoms with Crippen molar-refractivity contribution >= 4 is 5.69 Å². The fourth-order valence-corrected chi connectivity index (χ4v) is 2.01. The number of aromatic nitrogens is 2. The summed E-state index contributed by atoms with van der Waals surface area (Å²) < 4.78 is 10.6. The zero-order chi connectivity index (χ0) is 13.2. The second-order valence-corrected chi connectivity index (χ2v) is 4.27. The average molecular weight is 261 g/mol. The average Bonchev–Trinajstić information content (AvgIpc) is 3.09. The molecule has 0 spiro atoms. The third-order valence-electron chi connectivity index (χ3n) is 2.96. The molecule has 19 heavy (non-hydrogen) atoms. The molecule has 1 saturated heterocycles. The van der Waals surface area contributed by atoms with Crippen LogP contribution in [0.1, 0.15) is 24.8 Å². The quantitative estimate of drug-likeness (QED) is 0.622. The third kappa shape index (κ3) is 2.32. The van der Waals surface area contributed by atoms with Crippen LogP contribution in [0.2, 0.25) is 0 Å². The zero-order valence-corrected chi connectivity index (χ0v) is 9.98. The maximum absolute atomic E-state index is 10.7. The van der Waals surface area contributed by atoms with E-state index in [0.717, 1.165) is 12.8 Å². The molecule has 0 radical (unpaired) electrons. The van der Waals surface area contributed by atoms with Gasteiger partial charge in [-0.05, 0) is 12.8 Å². The summed E-state index contributed by atoms with van der Waals surface area (Å²) in [5, 5.41) is 14.6. The molecule has 2 aromatic rings. The highest BCUT2D eigenvalue weighted by atomic mass is 16.6. The molecule has 1 aliphatic rings. The number of rotatable bonds is 3. The Balaban J connectivity index is 1.89. The van der Waals surface area contributed by atoms with Crippen molar-refractivity contribution in [1.29, 1.82) is 0 Å². The van der Waals surface area contributed by atoms with Gasteiger partial charge in [-0.1, -0.05) is 17.3 Å². The summed E-state index contributed by atoms with van der Waals surface area (Å²) >= 11 is 0. The first-order valence-electron chi connectivity index (χ1n) is 5.94. The Kier molecular flexibility index (Phi) is 2.96. The molecule has 0 unspecified atom stereocenters. The first-order chi connectivity index (χ1) is 9.24. The van der Waals surface area contributed by atoms with E-state index in [4.69, 9.17) is 9.26 Å². The number of non-ortho nitro benzene ring substituents is 1. The highest BCUT2D eigenvalue weighted by molar-refractivity contribution is 5.58. The molecule has 3 rings (SSSR count). The molecule has 1 atom stereocenters. The molecular weight excluding hydrogens is 250 g/mol. The maximum atomic E-state index is 10.7. The topological polar surface area (TPSA) is 91.3 Å². The van der Waals surface area contributed by atoms with E-state index < -0.39 is 4.92 Å². The molecule has 1 aromatic carbocycles. The van der Waals surface area contributed by atoms with Gasteiger partial charge in [-0.3, -0.25) is 10.1 Å². The first kappa shape index (κ1) is 11.8. The number of nitrogens with zero attached hydrogens (tertiary/aromatic N) is 3. The molecule has 1 aromatic heterocycles. The van der Waals surface area contributed by atoms with Gasteiger partial charge in [0, 0.05) is 24.3 Å². The standard InChI is InChI=1S/C12H11N3O4/c16-15(17)9-4-1-3-8(7-9)11-13-12(19-14-11)10-5-2-6-18-10/h1,3-4,7,10H,2,5-6H2/t10-/m0/s1. The van der Waals surface area contributed by atoms with E-state index in [9.17, 15) is 10.1 Å². The second-order valence-electron chi connectivity index (χ2n) is 4.27. The van der Waals surface area contributed by atoms with Crippen LogP contribution in [0.15, 0.2) is 28.8 Å². The maximum Gasteiger partial charge on any atom is 0.270 e. The van der Waals surface area contributed by atoms with E-state index in [1.165, 1.54) is 12.1 Å². The highest BCUT2D eigenvalue weighted by Crippen LogP contribution is 2.29. The minimum Gasteiger partial charge on any atom is -0.368 e. The summed E-state index contributed by atoms with van der Waals surface area (Å²) in [6.45, 7) is 0.694. The van der Waals surface area contributed by atoms with Gasteiger partial charge in [-0.2, -0.15) is 4.98 Å². The monoisotopic (exact) mass is 261 g/mol. The normalized spacial score (nSPS) is 18.6. The molecule has 7 nitrogen and oxygen atoms in total. The smallest absolute Gasteiger partial charge is 0.270 e. The summed E-state index contributed by atoms with van der Waals surface area (Å²) in [6, 6.07) is 6.14. The van der Waals surface area contributed by atoms with Crippen molar-refractivity contribution in [3.05, 3.63) is 40.3 Å². The minimum absolute atomic E-state index is 0.000895. The molecule has 1 fully saturated rings.